The number of methoxy groups -OCH3 is 1. The molecular formula is C17H16N4O3S. The molecule has 0 saturated carbocycles. The van der Waals surface area contributed by atoms with E-state index in [1.54, 1.807) is 30.5 Å². The molecule has 1 aromatic carbocycles. The van der Waals surface area contributed by atoms with Crippen LogP contribution in [0.5, 0.6) is 5.75 Å². The summed E-state index contributed by atoms with van der Waals surface area (Å²) < 4.78 is 32.7. The number of hydrogen-bond acceptors (Lipinski definition) is 6. The quantitative estimate of drug-likeness (QED) is 0.755. The molecule has 0 spiro atoms. The molecule has 8 heteroatoms. The van der Waals surface area contributed by atoms with Crippen LogP contribution in [0.3, 0.4) is 0 Å². The molecule has 2 heterocycles. The van der Waals surface area contributed by atoms with Gasteiger partial charge in [0.1, 0.15) is 17.0 Å². The van der Waals surface area contributed by atoms with Crippen molar-refractivity contribution >= 4 is 15.7 Å². The van der Waals surface area contributed by atoms with E-state index in [1.807, 2.05) is 6.92 Å². The summed E-state index contributed by atoms with van der Waals surface area (Å²) in [6, 6.07) is 8.10. The third-order valence-corrected chi connectivity index (χ3v) is 4.97. The van der Waals surface area contributed by atoms with E-state index in [4.69, 9.17) is 4.74 Å². The zero-order valence-corrected chi connectivity index (χ0v) is 14.5. The smallest absolute Gasteiger partial charge is 0.263 e. The largest absolute Gasteiger partial charge is 0.496 e. The number of nitrogens with zero attached hydrogens (tertiary/aromatic N) is 3. The summed E-state index contributed by atoms with van der Waals surface area (Å²) in [6.45, 7) is 1.87. The molecule has 0 fully saturated rings. The molecule has 25 heavy (non-hydrogen) atoms. The Morgan fingerprint density at radius 2 is 1.92 bits per heavy atom. The van der Waals surface area contributed by atoms with Crippen LogP contribution < -0.4 is 9.46 Å². The topological polar surface area (TPSA) is 94.1 Å². The van der Waals surface area contributed by atoms with E-state index in [1.165, 1.54) is 31.9 Å². The first-order chi connectivity index (χ1) is 12.0. The van der Waals surface area contributed by atoms with E-state index in [9.17, 15) is 8.42 Å². The summed E-state index contributed by atoms with van der Waals surface area (Å²) in [5.41, 5.74) is 2.79. The standard InChI is InChI=1S/C17H16N4O3S/c1-12-16(10-19-11-20-12)15-6-5-13(8-17(15)24-2)21-25(22,23)14-4-3-7-18-9-14/h3-11,21H,1-2H3. The van der Waals surface area contributed by atoms with Gasteiger partial charge in [-0.2, -0.15) is 0 Å². The number of aromatic nitrogens is 3. The fraction of sp³-hybridized carbons (Fsp3) is 0.118. The Hall–Kier alpha value is -3.00. The van der Waals surface area contributed by atoms with Crippen LogP contribution in [-0.4, -0.2) is 30.5 Å². The highest BCUT2D eigenvalue weighted by Crippen LogP contribution is 2.33. The normalized spacial score (nSPS) is 11.1. The van der Waals surface area contributed by atoms with Crippen molar-refractivity contribution in [1.82, 2.24) is 15.0 Å². The van der Waals surface area contributed by atoms with E-state index < -0.39 is 10.0 Å². The lowest BCUT2D eigenvalue weighted by molar-refractivity contribution is 0.416. The van der Waals surface area contributed by atoms with Gasteiger partial charge in [-0.25, -0.2) is 18.4 Å². The minimum atomic E-state index is -3.72. The molecule has 0 aliphatic rings. The zero-order chi connectivity index (χ0) is 17.9. The number of nitrogens with one attached hydrogen (secondary N) is 1. The third-order valence-electron chi connectivity index (χ3n) is 3.60. The van der Waals surface area contributed by atoms with E-state index >= 15 is 0 Å². The van der Waals surface area contributed by atoms with Crippen molar-refractivity contribution in [2.45, 2.75) is 11.8 Å². The Morgan fingerprint density at radius 1 is 1.08 bits per heavy atom. The number of rotatable bonds is 5. The first kappa shape index (κ1) is 16.8. The van der Waals surface area contributed by atoms with Crippen molar-refractivity contribution in [2.24, 2.45) is 0 Å². The fourth-order valence-electron chi connectivity index (χ4n) is 2.35. The number of sulfonamides is 1. The number of anilines is 1. The predicted octanol–water partition coefficient (Wildman–Crippen LogP) is 2.66. The van der Waals surface area contributed by atoms with E-state index in [0.717, 1.165) is 16.8 Å². The molecule has 0 saturated heterocycles. The van der Waals surface area contributed by atoms with Crippen LogP contribution in [0.1, 0.15) is 5.69 Å². The summed E-state index contributed by atoms with van der Waals surface area (Å²) in [4.78, 5) is 12.1. The van der Waals surface area contributed by atoms with Gasteiger partial charge in [-0.05, 0) is 31.2 Å². The van der Waals surface area contributed by atoms with Gasteiger partial charge in [0.15, 0.2) is 0 Å². The molecule has 2 aromatic heterocycles. The number of aryl methyl sites for hydroxylation is 1. The van der Waals surface area contributed by atoms with Gasteiger partial charge in [0.2, 0.25) is 0 Å². The molecule has 0 unspecified atom stereocenters. The molecule has 0 radical (unpaired) electrons. The van der Waals surface area contributed by atoms with Crippen molar-refractivity contribution in [2.75, 3.05) is 11.8 Å². The maximum absolute atomic E-state index is 12.4. The second-order valence-corrected chi connectivity index (χ2v) is 6.91. The molecule has 0 atom stereocenters. The van der Waals surface area contributed by atoms with Crippen LogP contribution in [0.2, 0.25) is 0 Å². The maximum Gasteiger partial charge on any atom is 0.263 e. The molecule has 0 amide bonds. The highest BCUT2D eigenvalue weighted by molar-refractivity contribution is 7.92. The summed E-state index contributed by atoms with van der Waals surface area (Å²) in [5.74, 6) is 0.518. The number of pyridine rings is 1. The Morgan fingerprint density at radius 3 is 2.60 bits per heavy atom. The van der Waals surface area contributed by atoms with Gasteiger partial charge in [0.05, 0.1) is 12.8 Å². The molecule has 7 nitrogen and oxygen atoms in total. The lowest BCUT2D eigenvalue weighted by Crippen LogP contribution is -2.13. The van der Waals surface area contributed by atoms with Crippen molar-refractivity contribution < 1.29 is 13.2 Å². The van der Waals surface area contributed by atoms with Gasteiger partial charge in [0.25, 0.3) is 10.0 Å². The van der Waals surface area contributed by atoms with E-state index in [-0.39, 0.29) is 4.90 Å². The summed E-state index contributed by atoms with van der Waals surface area (Å²) >= 11 is 0. The molecule has 0 aliphatic carbocycles. The molecule has 1 N–H and O–H groups in total. The molecule has 3 rings (SSSR count). The molecule has 0 aliphatic heterocycles. The Balaban J connectivity index is 1.97. The zero-order valence-electron chi connectivity index (χ0n) is 13.7. The maximum atomic E-state index is 12.4. The summed E-state index contributed by atoms with van der Waals surface area (Å²) in [5, 5.41) is 0. The van der Waals surface area contributed by atoms with E-state index in [2.05, 4.69) is 19.7 Å². The first-order valence-electron chi connectivity index (χ1n) is 7.39. The lowest BCUT2D eigenvalue weighted by Gasteiger charge is -2.13. The summed E-state index contributed by atoms with van der Waals surface area (Å²) in [7, 11) is -2.19. The molecule has 0 bridgehead atoms. The second kappa shape index (κ2) is 6.86. The lowest BCUT2D eigenvalue weighted by atomic mass is 10.0. The molecule has 3 aromatic rings. The SMILES string of the molecule is COc1cc(NS(=O)(=O)c2cccnc2)ccc1-c1cncnc1C. The minimum absolute atomic E-state index is 0.0883. The van der Waals surface area contributed by atoms with Crippen LogP contribution >= 0.6 is 0 Å². The Labute approximate surface area is 145 Å². The molecular weight excluding hydrogens is 340 g/mol. The van der Waals surface area contributed by atoms with Gasteiger partial charge in [0, 0.05) is 41.5 Å². The Kier molecular flexibility index (Phi) is 4.62. The van der Waals surface area contributed by atoms with Gasteiger partial charge in [-0.3, -0.25) is 9.71 Å². The first-order valence-corrected chi connectivity index (χ1v) is 8.87. The van der Waals surface area contributed by atoms with Gasteiger partial charge in [-0.15, -0.1) is 0 Å². The van der Waals surface area contributed by atoms with Crippen molar-refractivity contribution in [1.29, 1.82) is 0 Å². The van der Waals surface area contributed by atoms with Gasteiger partial charge >= 0.3 is 0 Å². The predicted molar refractivity (Wildman–Crippen MR) is 93.8 cm³/mol. The van der Waals surface area contributed by atoms with E-state index in [0.29, 0.717) is 11.4 Å². The van der Waals surface area contributed by atoms with Crippen molar-refractivity contribution in [3.8, 4) is 16.9 Å². The number of ether oxygens (including phenoxy) is 1. The average Bonchev–Trinajstić information content (AvgIpc) is 2.63. The van der Waals surface area contributed by atoms with Crippen LogP contribution in [0.15, 0.2) is 60.1 Å². The minimum Gasteiger partial charge on any atom is -0.496 e. The molecule has 128 valence electrons. The van der Waals surface area contributed by atoms with Crippen LogP contribution in [0.4, 0.5) is 5.69 Å². The summed E-state index contributed by atoms with van der Waals surface area (Å²) in [6.07, 6.45) is 5.97. The van der Waals surface area contributed by atoms with Crippen LogP contribution in [0.25, 0.3) is 11.1 Å². The third kappa shape index (κ3) is 3.58. The van der Waals surface area contributed by atoms with Gasteiger partial charge in [-0.1, -0.05) is 0 Å². The highest BCUT2D eigenvalue weighted by Gasteiger charge is 2.16. The van der Waals surface area contributed by atoms with Crippen LogP contribution in [-0.2, 0) is 10.0 Å². The van der Waals surface area contributed by atoms with Crippen LogP contribution in [0, 0.1) is 6.92 Å². The average molecular weight is 356 g/mol. The van der Waals surface area contributed by atoms with Crippen molar-refractivity contribution in [3.05, 3.63) is 60.9 Å². The Bertz CT molecular complexity index is 992. The number of benzene rings is 1. The van der Waals surface area contributed by atoms with Crippen molar-refractivity contribution in [3.63, 3.8) is 0 Å². The fourth-order valence-corrected chi connectivity index (χ4v) is 3.37. The highest BCUT2D eigenvalue weighted by atomic mass is 32.2. The second-order valence-electron chi connectivity index (χ2n) is 5.23. The monoisotopic (exact) mass is 356 g/mol. The van der Waals surface area contributed by atoms with Gasteiger partial charge < -0.3 is 4.74 Å². The number of hydrogen-bond donors (Lipinski definition) is 1.